The van der Waals surface area contributed by atoms with Crippen LogP contribution >= 0.6 is 0 Å². The molecule has 21 heavy (non-hydrogen) atoms. The summed E-state index contributed by atoms with van der Waals surface area (Å²) in [5, 5.41) is 16.3. The Balaban J connectivity index is 2.34. The summed E-state index contributed by atoms with van der Waals surface area (Å²) < 4.78 is 1.76. The Hall–Kier alpha value is -2.89. The SMILES string of the molecule is CCn1cc(C(=O)O)c(=O)c2ccc(-c3ccn[nH]3)cc21. The number of rotatable bonds is 3. The van der Waals surface area contributed by atoms with Crippen LogP contribution in [0.3, 0.4) is 0 Å². The lowest BCUT2D eigenvalue weighted by Crippen LogP contribution is -2.18. The Labute approximate surface area is 119 Å². The van der Waals surface area contributed by atoms with Crippen molar-refractivity contribution < 1.29 is 9.90 Å². The third kappa shape index (κ3) is 2.10. The number of nitrogens with one attached hydrogen (secondary N) is 1. The predicted octanol–water partition coefficient (Wildman–Crippen LogP) is 2.11. The van der Waals surface area contributed by atoms with Gasteiger partial charge in [0.1, 0.15) is 5.56 Å². The lowest BCUT2D eigenvalue weighted by molar-refractivity contribution is 0.0695. The Kier molecular flexibility index (Phi) is 3.06. The van der Waals surface area contributed by atoms with E-state index in [4.69, 9.17) is 5.11 Å². The molecule has 0 amide bonds. The van der Waals surface area contributed by atoms with Gasteiger partial charge in [0.25, 0.3) is 0 Å². The maximum Gasteiger partial charge on any atom is 0.341 e. The topological polar surface area (TPSA) is 88.0 Å². The second-order valence-corrected chi connectivity index (χ2v) is 4.67. The summed E-state index contributed by atoms with van der Waals surface area (Å²) in [4.78, 5) is 23.4. The van der Waals surface area contributed by atoms with E-state index in [2.05, 4.69) is 10.2 Å². The number of aryl methyl sites for hydroxylation is 1. The van der Waals surface area contributed by atoms with E-state index < -0.39 is 11.4 Å². The van der Waals surface area contributed by atoms with E-state index in [-0.39, 0.29) is 5.56 Å². The summed E-state index contributed by atoms with van der Waals surface area (Å²) >= 11 is 0. The van der Waals surface area contributed by atoms with Crippen LogP contribution in [0.25, 0.3) is 22.2 Å². The van der Waals surface area contributed by atoms with Gasteiger partial charge in [-0.25, -0.2) is 4.79 Å². The number of nitrogens with zero attached hydrogens (tertiary/aromatic N) is 2. The van der Waals surface area contributed by atoms with Crippen LogP contribution in [0.5, 0.6) is 0 Å². The molecule has 0 aliphatic heterocycles. The van der Waals surface area contributed by atoms with Gasteiger partial charge in [0, 0.05) is 29.9 Å². The first-order valence-corrected chi connectivity index (χ1v) is 6.52. The lowest BCUT2D eigenvalue weighted by atomic mass is 10.1. The Bertz CT molecular complexity index is 879. The zero-order chi connectivity index (χ0) is 15.0. The minimum atomic E-state index is -1.21. The number of fused-ring (bicyclic) bond motifs is 1. The molecule has 3 rings (SSSR count). The first-order valence-electron chi connectivity index (χ1n) is 6.52. The van der Waals surface area contributed by atoms with Crippen molar-refractivity contribution in [1.82, 2.24) is 14.8 Å². The molecule has 2 heterocycles. The molecule has 0 aliphatic rings. The minimum absolute atomic E-state index is 0.210. The Morgan fingerprint density at radius 2 is 2.19 bits per heavy atom. The quantitative estimate of drug-likeness (QED) is 0.770. The van der Waals surface area contributed by atoms with Gasteiger partial charge in [-0.15, -0.1) is 0 Å². The second kappa shape index (κ2) is 4.90. The fourth-order valence-electron chi connectivity index (χ4n) is 2.39. The molecular formula is C15H13N3O3. The highest BCUT2D eigenvalue weighted by molar-refractivity contribution is 5.93. The van der Waals surface area contributed by atoms with E-state index >= 15 is 0 Å². The van der Waals surface area contributed by atoms with Crippen LogP contribution < -0.4 is 5.43 Å². The van der Waals surface area contributed by atoms with Crippen molar-refractivity contribution in [3.63, 3.8) is 0 Å². The van der Waals surface area contributed by atoms with Gasteiger partial charge in [-0.05, 0) is 25.1 Å². The molecule has 0 spiro atoms. The maximum absolute atomic E-state index is 12.2. The van der Waals surface area contributed by atoms with Crippen molar-refractivity contribution in [3.05, 3.63) is 52.4 Å². The van der Waals surface area contributed by atoms with Crippen LogP contribution in [-0.4, -0.2) is 25.8 Å². The van der Waals surface area contributed by atoms with E-state index in [1.807, 2.05) is 19.1 Å². The average molecular weight is 283 g/mol. The van der Waals surface area contributed by atoms with Gasteiger partial charge >= 0.3 is 5.97 Å². The van der Waals surface area contributed by atoms with Gasteiger partial charge in [-0.3, -0.25) is 9.89 Å². The highest BCUT2D eigenvalue weighted by atomic mass is 16.4. The zero-order valence-electron chi connectivity index (χ0n) is 11.3. The molecule has 1 aromatic carbocycles. The fourth-order valence-corrected chi connectivity index (χ4v) is 2.39. The molecule has 0 fully saturated rings. The minimum Gasteiger partial charge on any atom is -0.477 e. The van der Waals surface area contributed by atoms with E-state index in [0.29, 0.717) is 17.4 Å². The molecule has 106 valence electrons. The fraction of sp³-hybridized carbons (Fsp3) is 0.133. The largest absolute Gasteiger partial charge is 0.477 e. The van der Waals surface area contributed by atoms with Crippen molar-refractivity contribution in [3.8, 4) is 11.3 Å². The van der Waals surface area contributed by atoms with E-state index in [1.54, 1.807) is 22.9 Å². The van der Waals surface area contributed by atoms with Gasteiger partial charge in [-0.2, -0.15) is 5.10 Å². The molecular weight excluding hydrogens is 270 g/mol. The average Bonchev–Trinajstić information content (AvgIpc) is 3.01. The number of hydrogen-bond donors (Lipinski definition) is 2. The highest BCUT2D eigenvalue weighted by Crippen LogP contribution is 2.21. The predicted molar refractivity (Wildman–Crippen MR) is 78.4 cm³/mol. The number of hydrogen-bond acceptors (Lipinski definition) is 3. The van der Waals surface area contributed by atoms with Gasteiger partial charge in [-0.1, -0.05) is 6.07 Å². The molecule has 2 aromatic heterocycles. The first-order chi connectivity index (χ1) is 10.1. The number of aromatic carboxylic acids is 1. The summed E-state index contributed by atoms with van der Waals surface area (Å²) in [6.07, 6.45) is 3.05. The van der Waals surface area contributed by atoms with Crippen LogP contribution in [0, 0.1) is 0 Å². The highest BCUT2D eigenvalue weighted by Gasteiger charge is 2.14. The molecule has 0 bridgehead atoms. The molecule has 0 aliphatic carbocycles. The van der Waals surface area contributed by atoms with Gasteiger partial charge < -0.3 is 9.67 Å². The summed E-state index contributed by atoms with van der Waals surface area (Å²) in [5.41, 5.74) is 1.77. The van der Waals surface area contributed by atoms with Crippen molar-refractivity contribution in [2.45, 2.75) is 13.5 Å². The summed E-state index contributed by atoms with van der Waals surface area (Å²) in [5.74, 6) is -1.21. The van der Waals surface area contributed by atoms with Crippen LogP contribution in [0.15, 0.2) is 41.5 Å². The summed E-state index contributed by atoms with van der Waals surface area (Å²) in [6, 6.07) is 7.13. The van der Waals surface area contributed by atoms with Crippen molar-refractivity contribution in [1.29, 1.82) is 0 Å². The summed E-state index contributed by atoms with van der Waals surface area (Å²) in [7, 11) is 0. The molecule has 0 unspecified atom stereocenters. The summed E-state index contributed by atoms with van der Waals surface area (Å²) in [6.45, 7) is 2.47. The van der Waals surface area contributed by atoms with Crippen LogP contribution in [0.2, 0.25) is 0 Å². The number of H-pyrrole nitrogens is 1. The molecule has 6 heteroatoms. The van der Waals surface area contributed by atoms with E-state index in [0.717, 1.165) is 11.3 Å². The normalized spacial score (nSPS) is 10.9. The van der Waals surface area contributed by atoms with E-state index in [1.165, 1.54) is 6.20 Å². The van der Waals surface area contributed by atoms with Gasteiger partial charge in [0.05, 0.1) is 11.2 Å². The molecule has 2 N–H and O–H groups in total. The van der Waals surface area contributed by atoms with Crippen LogP contribution in [-0.2, 0) is 6.54 Å². The third-order valence-corrected chi connectivity index (χ3v) is 3.46. The second-order valence-electron chi connectivity index (χ2n) is 4.67. The molecule has 6 nitrogen and oxygen atoms in total. The number of carboxylic acids is 1. The smallest absolute Gasteiger partial charge is 0.341 e. The Morgan fingerprint density at radius 3 is 2.81 bits per heavy atom. The van der Waals surface area contributed by atoms with Crippen LogP contribution in [0.4, 0.5) is 0 Å². The molecule has 0 radical (unpaired) electrons. The van der Waals surface area contributed by atoms with E-state index in [9.17, 15) is 9.59 Å². The number of carbonyl (C=O) groups is 1. The van der Waals surface area contributed by atoms with Gasteiger partial charge in [0.2, 0.25) is 5.43 Å². The van der Waals surface area contributed by atoms with Crippen molar-refractivity contribution in [2.75, 3.05) is 0 Å². The number of carboxylic acid groups (broad SMARTS) is 1. The van der Waals surface area contributed by atoms with Crippen molar-refractivity contribution in [2.24, 2.45) is 0 Å². The third-order valence-electron chi connectivity index (χ3n) is 3.46. The first kappa shape index (κ1) is 13.1. The number of pyridine rings is 1. The number of aromatic amines is 1. The number of aromatic nitrogens is 3. The van der Waals surface area contributed by atoms with Crippen LogP contribution in [0.1, 0.15) is 17.3 Å². The van der Waals surface area contributed by atoms with Crippen molar-refractivity contribution >= 4 is 16.9 Å². The molecule has 0 saturated heterocycles. The zero-order valence-corrected chi connectivity index (χ0v) is 11.3. The maximum atomic E-state index is 12.2. The molecule has 0 saturated carbocycles. The lowest BCUT2D eigenvalue weighted by Gasteiger charge is -2.11. The molecule has 0 atom stereocenters. The monoisotopic (exact) mass is 283 g/mol. The molecule has 3 aromatic rings. The number of benzene rings is 1. The standard InChI is InChI=1S/C15H13N3O3/c1-2-18-8-11(15(20)21)14(19)10-4-3-9(7-13(10)18)12-5-6-16-17-12/h3-8H,2H2,1H3,(H,16,17)(H,20,21). The van der Waals surface area contributed by atoms with Gasteiger partial charge in [0.15, 0.2) is 0 Å². The Morgan fingerprint density at radius 1 is 1.38 bits per heavy atom.